The Labute approximate surface area is 253 Å². The standard InChI is InChI=1S/C28H16BF12.Na/c30-25(31,32)17-9-1-5-13-21(17)29(22-14-6-2-10-18(22)26(33,34)35,23-15-7-3-11-19(23)27(36,37)38)24-16-8-4-12-20(24)28(39,40)41;/h1-16H;/q-1;+1. The average Bonchev–Trinajstić information content (AvgIpc) is 2.88. The quantitative estimate of drug-likeness (QED) is 0.240. The van der Waals surface area contributed by atoms with Crippen LogP contribution in [0.4, 0.5) is 52.7 Å². The second-order valence-electron chi connectivity index (χ2n) is 9.21. The molecule has 0 fully saturated rings. The first-order valence-electron chi connectivity index (χ1n) is 11.7. The maximum Gasteiger partial charge on any atom is 1.00 e. The average molecular weight is 614 g/mol. The van der Waals surface area contributed by atoms with Crippen molar-refractivity contribution in [2.75, 3.05) is 0 Å². The number of hydrogen-bond donors (Lipinski definition) is 0. The molecule has 0 aromatic heterocycles. The molecule has 0 bridgehead atoms. The molecule has 0 atom stereocenters. The van der Waals surface area contributed by atoms with Crippen LogP contribution >= 0.6 is 0 Å². The van der Waals surface area contributed by atoms with E-state index in [2.05, 4.69) is 0 Å². The van der Waals surface area contributed by atoms with Crippen LogP contribution in [-0.4, -0.2) is 6.15 Å². The normalized spacial score (nSPS) is 13.0. The molecule has 0 unspecified atom stereocenters. The number of hydrogen-bond acceptors (Lipinski definition) is 0. The molecule has 0 N–H and O–H groups in total. The van der Waals surface area contributed by atoms with E-state index >= 15 is 0 Å². The minimum atomic E-state index is -5.38. The van der Waals surface area contributed by atoms with Gasteiger partial charge in [0.1, 0.15) is 6.15 Å². The van der Waals surface area contributed by atoms with Crippen molar-refractivity contribution in [2.45, 2.75) is 24.7 Å². The van der Waals surface area contributed by atoms with Crippen molar-refractivity contribution in [1.29, 1.82) is 0 Å². The van der Waals surface area contributed by atoms with Crippen LogP contribution in [0, 0.1) is 0 Å². The molecule has 4 aromatic rings. The van der Waals surface area contributed by atoms with Crippen molar-refractivity contribution in [3.63, 3.8) is 0 Å². The second-order valence-corrected chi connectivity index (χ2v) is 9.21. The summed E-state index contributed by atoms with van der Waals surface area (Å²) in [6.07, 6.45) is -26.0. The molecule has 42 heavy (non-hydrogen) atoms. The van der Waals surface area contributed by atoms with Crippen LogP contribution in [0.25, 0.3) is 0 Å². The Hall–Kier alpha value is -2.90. The summed E-state index contributed by atoms with van der Waals surface area (Å²) >= 11 is 0. The van der Waals surface area contributed by atoms with Crippen LogP contribution < -0.4 is 51.4 Å². The summed E-state index contributed by atoms with van der Waals surface area (Å²) < 4.78 is 174. The first-order valence-corrected chi connectivity index (χ1v) is 11.7. The van der Waals surface area contributed by atoms with Gasteiger partial charge in [-0.2, -0.15) is 74.5 Å². The van der Waals surface area contributed by atoms with Crippen molar-refractivity contribution in [2.24, 2.45) is 0 Å². The van der Waals surface area contributed by atoms with Gasteiger partial charge >= 0.3 is 54.3 Å². The van der Waals surface area contributed by atoms with E-state index in [9.17, 15) is 52.7 Å². The van der Waals surface area contributed by atoms with Gasteiger partial charge in [0.25, 0.3) is 0 Å². The third kappa shape index (κ3) is 6.09. The summed E-state index contributed by atoms with van der Waals surface area (Å²) in [7, 11) is 0. The molecule has 14 heteroatoms. The Morgan fingerprint density at radius 2 is 0.476 bits per heavy atom. The molecule has 0 saturated heterocycles. The maximum atomic E-state index is 14.5. The van der Waals surface area contributed by atoms with E-state index in [1.165, 1.54) is 0 Å². The zero-order chi connectivity index (χ0) is 30.4. The fourth-order valence-electron chi connectivity index (χ4n) is 5.54. The summed E-state index contributed by atoms with van der Waals surface area (Å²) in [4.78, 5) is 0. The van der Waals surface area contributed by atoms with E-state index < -0.39 is 75.0 Å². The van der Waals surface area contributed by atoms with Gasteiger partial charge in [-0.15, -0.1) is 0 Å². The van der Waals surface area contributed by atoms with Gasteiger partial charge in [-0.25, -0.2) is 0 Å². The van der Waals surface area contributed by atoms with E-state index in [4.69, 9.17) is 0 Å². The van der Waals surface area contributed by atoms with Gasteiger partial charge in [0.05, 0.1) is 0 Å². The summed E-state index contributed by atoms with van der Waals surface area (Å²) in [6, 6.07) is 11.2. The molecule has 0 heterocycles. The van der Waals surface area contributed by atoms with E-state index in [0.29, 0.717) is 48.5 Å². The van der Waals surface area contributed by atoms with Crippen molar-refractivity contribution >= 4 is 28.0 Å². The molecule has 0 amide bonds. The summed E-state index contributed by atoms with van der Waals surface area (Å²) in [6.45, 7) is 0. The van der Waals surface area contributed by atoms with E-state index in [0.717, 1.165) is 48.5 Å². The van der Waals surface area contributed by atoms with Crippen molar-refractivity contribution < 1.29 is 82.2 Å². The molecule has 4 aromatic carbocycles. The van der Waals surface area contributed by atoms with Gasteiger partial charge in [-0.3, -0.25) is 0 Å². The van der Waals surface area contributed by atoms with Crippen LogP contribution in [0.2, 0.25) is 0 Å². The maximum absolute atomic E-state index is 14.5. The van der Waals surface area contributed by atoms with Crippen molar-refractivity contribution in [1.82, 2.24) is 0 Å². The third-order valence-corrected chi connectivity index (χ3v) is 6.93. The Morgan fingerprint density at radius 1 is 0.310 bits per heavy atom. The first-order chi connectivity index (χ1) is 18.9. The van der Waals surface area contributed by atoms with Gasteiger partial charge in [-0.1, -0.05) is 97.1 Å². The number of rotatable bonds is 4. The van der Waals surface area contributed by atoms with Crippen LogP contribution in [0.5, 0.6) is 0 Å². The van der Waals surface area contributed by atoms with Gasteiger partial charge in [-0.05, 0) is 0 Å². The number of alkyl halides is 12. The molecule has 216 valence electrons. The molecule has 0 spiro atoms. The topological polar surface area (TPSA) is 0 Å². The SMILES string of the molecule is FC(F)(F)c1ccccc1[B-](c1ccccc1C(F)(F)F)(c1ccccc1C(F)(F)F)c1ccccc1C(F)(F)F.[Na+]. The van der Waals surface area contributed by atoms with Crippen LogP contribution in [0.15, 0.2) is 97.1 Å². The zero-order valence-electron chi connectivity index (χ0n) is 21.4. The summed E-state index contributed by atoms with van der Waals surface area (Å²) in [5.74, 6) is 0. The van der Waals surface area contributed by atoms with Crippen molar-refractivity contribution in [3.05, 3.63) is 119 Å². The van der Waals surface area contributed by atoms with Crippen LogP contribution in [0.1, 0.15) is 22.3 Å². The number of halogens is 12. The fourth-order valence-corrected chi connectivity index (χ4v) is 5.54. The van der Waals surface area contributed by atoms with E-state index in [1.807, 2.05) is 0 Å². The summed E-state index contributed by atoms with van der Waals surface area (Å²) in [5.41, 5.74) is -11.5. The Morgan fingerprint density at radius 3 is 0.643 bits per heavy atom. The molecular weight excluding hydrogens is 598 g/mol. The third-order valence-electron chi connectivity index (χ3n) is 6.93. The fraction of sp³-hybridized carbons (Fsp3) is 0.143. The van der Waals surface area contributed by atoms with Gasteiger partial charge in [0.15, 0.2) is 0 Å². The van der Waals surface area contributed by atoms with E-state index in [1.54, 1.807) is 0 Å². The monoisotopic (exact) mass is 614 g/mol. The van der Waals surface area contributed by atoms with Crippen LogP contribution in [0.3, 0.4) is 0 Å². The largest absolute Gasteiger partial charge is 1.00 e. The minimum Gasteiger partial charge on any atom is -0.183 e. The van der Waals surface area contributed by atoms with Gasteiger partial charge < -0.3 is 0 Å². The molecule has 0 aliphatic heterocycles. The Kier molecular flexibility index (Phi) is 9.32. The summed E-state index contributed by atoms with van der Waals surface area (Å²) in [5, 5.41) is 0. The Bertz CT molecular complexity index is 1320. The molecule has 0 aliphatic carbocycles. The zero-order valence-corrected chi connectivity index (χ0v) is 23.4. The van der Waals surface area contributed by atoms with Crippen molar-refractivity contribution in [3.8, 4) is 0 Å². The molecule has 4 rings (SSSR count). The minimum absolute atomic E-state index is 0. The number of benzene rings is 4. The Balaban J connectivity index is 0.00000484. The molecule has 0 saturated carbocycles. The van der Waals surface area contributed by atoms with Crippen LogP contribution in [-0.2, 0) is 24.7 Å². The van der Waals surface area contributed by atoms with Gasteiger partial charge in [0, 0.05) is 22.3 Å². The van der Waals surface area contributed by atoms with Gasteiger partial charge in [0.2, 0.25) is 0 Å². The smallest absolute Gasteiger partial charge is 0.183 e. The first kappa shape index (κ1) is 33.6. The molecule has 0 radical (unpaired) electrons. The molecular formula is C28H16BF12Na. The molecule has 0 aliphatic rings. The molecule has 0 nitrogen and oxygen atoms in total. The predicted molar refractivity (Wildman–Crippen MR) is 130 cm³/mol. The van der Waals surface area contributed by atoms with E-state index in [-0.39, 0.29) is 29.6 Å². The second kappa shape index (κ2) is 11.7. The predicted octanol–water partition coefficient (Wildman–Crippen LogP) is 4.14.